The Hall–Kier alpha value is -3.24. The summed E-state index contributed by atoms with van der Waals surface area (Å²) in [7, 11) is 0. The van der Waals surface area contributed by atoms with Gasteiger partial charge in [-0.3, -0.25) is 19.7 Å². The molecule has 2 N–H and O–H groups in total. The van der Waals surface area contributed by atoms with Gasteiger partial charge in [-0.05, 0) is 42.0 Å². The van der Waals surface area contributed by atoms with Crippen LogP contribution in [0.1, 0.15) is 12.0 Å². The number of non-ortho nitro benzene ring substituents is 1. The number of thioether (sulfide) groups is 1. The number of carbonyl (C=O) groups excluding carboxylic acids is 1. The quantitative estimate of drug-likeness (QED) is 0.212. The van der Waals surface area contributed by atoms with Gasteiger partial charge in [0.15, 0.2) is 4.34 Å². The highest BCUT2D eigenvalue weighted by molar-refractivity contribution is 8.00. The van der Waals surface area contributed by atoms with E-state index in [2.05, 4.69) is 10.3 Å². The maximum absolute atomic E-state index is 12.9. The van der Waals surface area contributed by atoms with E-state index in [9.17, 15) is 24.8 Å². The topological polar surface area (TPSA) is 122 Å². The number of nitrogens with one attached hydrogen (secondary N) is 1. The van der Waals surface area contributed by atoms with E-state index in [4.69, 9.17) is 0 Å². The van der Waals surface area contributed by atoms with Crippen LogP contribution in [0.4, 0.5) is 11.4 Å². The normalized spacial score (nSPS) is 23.2. The molecule has 10 heteroatoms. The summed E-state index contributed by atoms with van der Waals surface area (Å²) in [6.45, 7) is 0. The van der Waals surface area contributed by atoms with Gasteiger partial charge in [-0.15, -0.1) is 11.3 Å². The summed E-state index contributed by atoms with van der Waals surface area (Å²) in [6.07, 6.45) is 4.61. The van der Waals surface area contributed by atoms with Crippen LogP contribution in [0.2, 0.25) is 0 Å². The number of nitrogens with zero attached hydrogens (tertiary/aromatic N) is 2. The number of thiazole rings is 1. The third kappa shape index (κ3) is 4.23. The fraction of sp³-hybridized carbons (Fsp3) is 0.261. The van der Waals surface area contributed by atoms with Crippen molar-refractivity contribution in [2.24, 2.45) is 23.7 Å². The first-order chi connectivity index (χ1) is 15.9. The first kappa shape index (κ1) is 21.6. The van der Waals surface area contributed by atoms with Gasteiger partial charge in [-0.2, -0.15) is 0 Å². The Kier molecular flexibility index (Phi) is 5.63. The van der Waals surface area contributed by atoms with Crippen molar-refractivity contribution in [3.8, 4) is 0 Å². The summed E-state index contributed by atoms with van der Waals surface area (Å²) < 4.78 is 1.78. The van der Waals surface area contributed by atoms with Crippen molar-refractivity contribution >= 4 is 56.6 Å². The van der Waals surface area contributed by atoms with Crippen LogP contribution >= 0.6 is 23.1 Å². The number of carboxylic acids is 1. The molecule has 0 saturated heterocycles. The predicted octanol–water partition coefficient (Wildman–Crippen LogP) is 4.96. The molecular formula is C23H19N3O5S2. The lowest BCUT2D eigenvalue weighted by Gasteiger charge is -2.23. The van der Waals surface area contributed by atoms with E-state index in [1.54, 1.807) is 30.0 Å². The lowest BCUT2D eigenvalue weighted by atomic mass is 9.82. The van der Waals surface area contributed by atoms with Gasteiger partial charge in [0.25, 0.3) is 5.69 Å². The lowest BCUT2D eigenvalue weighted by Crippen LogP contribution is -2.36. The van der Waals surface area contributed by atoms with Crippen molar-refractivity contribution in [2.75, 3.05) is 5.32 Å². The molecule has 4 atom stereocenters. The average Bonchev–Trinajstić information content (AvgIpc) is 3.51. The number of benzene rings is 2. The smallest absolute Gasteiger partial charge is 0.307 e. The molecule has 1 amide bonds. The second-order valence-electron chi connectivity index (χ2n) is 8.20. The van der Waals surface area contributed by atoms with Crippen molar-refractivity contribution in [1.29, 1.82) is 0 Å². The number of anilines is 1. The van der Waals surface area contributed by atoms with Crippen molar-refractivity contribution < 1.29 is 19.6 Å². The number of hydrogen-bond donors (Lipinski definition) is 2. The van der Waals surface area contributed by atoms with Gasteiger partial charge in [0, 0.05) is 23.6 Å². The first-order valence-electron chi connectivity index (χ1n) is 10.4. The molecule has 2 aliphatic carbocycles. The summed E-state index contributed by atoms with van der Waals surface area (Å²) in [4.78, 5) is 39.6. The largest absolute Gasteiger partial charge is 0.481 e. The molecule has 1 heterocycles. The molecule has 1 fully saturated rings. The summed E-state index contributed by atoms with van der Waals surface area (Å²) >= 11 is 3.05. The molecule has 0 aliphatic heterocycles. The Balaban J connectivity index is 1.26. The molecular weight excluding hydrogens is 462 g/mol. The second kappa shape index (κ2) is 8.60. The molecule has 0 unspecified atom stereocenters. The fourth-order valence-electron chi connectivity index (χ4n) is 4.64. The third-order valence-electron chi connectivity index (χ3n) is 6.19. The van der Waals surface area contributed by atoms with Crippen LogP contribution < -0.4 is 5.32 Å². The van der Waals surface area contributed by atoms with Gasteiger partial charge < -0.3 is 10.4 Å². The van der Waals surface area contributed by atoms with Crippen molar-refractivity contribution in [2.45, 2.75) is 16.5 Å². The Morgan fingerprint density at radius 2 is 1.88 bits per heavy atom. The number of nitro groups is 1. The van der Waals surface area contributed by atoms with Crippen LogP contribution in [-0.4, -0.2) is 26.9 Å². The van der Waals surface area contributed by atoms with Crippen molar-refractivity contribution in [1.82, 2.24) is 4.98 Å². The number of aliphatic carboxylic acids is 1. The molecule has 2 aromatic carbocycles. The zero-order valence-corrected chi connectivity index (χ0v) is 18.8. The Morgan fingerprint density at radius 3 is 2.58 bits per heavy atom. The van der Waals surface area contributed by atoms with Gasteiger partial charge in [0.1, 0.15) is 0 Å². The first-order valence-corrected chi connectivity index (χ1v) is 12.2. The number of fused-ring (bicyclic) bond motifs is 3. The van der Waals surface area contributed by atoms with E-state index >= 15 is 0 Å². The molecule has 0 radical (unpaired) electrons. The SMILES string of the molecule is O=C(Nc1ccc2nc(SCc3ccc([N+](=O)[O-])cc3)sc2c1)[C@@H]1[C@H](C(=O)O)[C@H]2C=C[C@H]1C2. The minimum atomic E-state index is -0.917. The average molecular weight is 482 g/mol. The van der Waals surface area contributed by atoms with Crippen LogP contribution in [0.3, 0.4) is 0 Å². The highest BCUT2D eigenvalue weighted by atomic mass is 32.2. The van der Waals surface area contributed by atoms with Crippen LogP contribution in [0, 0.1) is 33.8 Å². The number of rotatable bonds is 7. The Morgan fingerprint density at radius 1 is 1.15 bits per heavy atom. The summed E-state index contributed by atoms with van der Waals surface area (Å²) in [5.74, 6) is -1.85. The van der Waals surface area contributed by atoms with Gasteiger partial charge in [-0.1, -0.05) is 36.0 Å². The number of amides is 1. The minimum Gasteiger partial charge on any atom is -0.481 e. The monoisotopic (exact) mass is 481 g/mol. The highest BCUT2D eigenvalue weighted by Crippen LogP contribution is 2.48. The third-order valence-corrected chi connectivity index (χ3v) is 8.43. The van der Waals surface area contributed by atoms with Gasteiger partial charge in [-0.25, -0.2) is 4.98 Å². The Bertz CT molecular complexity index is 1290. The molecule has 2 aliphatic rings. The summed E-state index contributed by atoms with van der Waals surface area (Å²) in [6, 6.07) is 11.9. The number of nitro benzene ring substituents is 1. The molecule has 0 spiro atoms. The van der Waals surface area contributed by atoms with E-state index in [0.717, 1.165) is 26.5 Å². The van der Waals surface area contributed by atoms with E-state index < -0.39 is 22.7 Å². The zero-order chi connectivity index (χ0) is 23.1. The number of aromatic nitrogens is 1. The molecule has 33 heavy (non-hydrogen) atoms. The molecule has 2 bridgehead atoms. The standard InChI is InChI=1S/C23H19N3O5S2/c27-21(19-13-3-4-14(9-13)20(19)22(28)29)24-15-5-8-17-18(10-15)33-23(25-17)32-11-12-1-6-16(7-2-12)26(30)31/h1-8,10,13-14,19-20H,9,11H2,(H,24,27)(H,28,29)/t13-,14-,19-,20+/m0/s1. The number of carboxylic acid groups (broad SMARTS) is 1. The zero-order valence-electron chi connectivity index (χ0n) is 17.2. The number of hydrogen-bond acceptors (Lipinski definition) is 7. The number of allylic oxidation sites excluding steroid dienone is 2. The van der Waals surface area contributed by atoms with E-state index in [1.807, 2.05) is 24.3 Å². The highest BCUT2D eigenvalue weighted by Gasteiger charge is 2.51. The predicted molar refractivity (Wildman–Crippen MR) is 126 cm³/mol. The minimum absolute atomic E-state index is 0.0225. The van der Waals surface area contributed by atoms with E-state index in [-0.39, 0.29) is 23.4 Å². The van der Waals surface area contributed by atoms with E-state index in [1.165, 1.54) is 23.5 Å². The van der Waals surface area contributed by atoms with Gasteiger partial charge in [0.2, 0.25) is 5.91 Å². The molecule has 1 saturated carbocycles. The molecule has 5 rings (SSSR count). The molecule has 8 nitrogen and oxygen atoms in total. The van der Waals surface area contributed by atoms with Crippen LogP contribution in [-0.2, 0) is 15.3 Å². The maximum atomic E-state index is 12.9. The van der Waals surface area contributed by atoms with E-state index in [0.29, 0.717) is 11.4 Å². The van der Waals surface area contributed by atoms with Gasteiger partial charge in [0.05, 0.1) is 27.0 Å². The fourth-order valence-corrected chi connectivity index (χ4v) is 6.71. The van der Waals surface area contributed by atoms with Crippen molar-refractivity contribution in [3.05, 3.63) is 70.3 Å². The van der Waals surface area contributed by atoms with Crippen molar-refractivity contribution in [3.63, 3.8) is 0 Å². The Labute approximate surface area is 196 Å². The molecule has 168 valence electrons. The molecule has 1 aromatic heterocycles. The van der Waals surface area contributed by atoms with Crippen LogP contribution in [0.25, 0.3) is 10.2 Å². The lowest BCUT2D eigenvalue weighted by molar-refractivity contribution is -0.384. The summed E-state index contributed by atoms with van der Waals surface area (Å²) in [5, 5.41) is 23.3. The second-order valence-corrected chi connectivity index (χ2v) is 10.5. The maximum Gasteiger partial charge on any atom is 0.307 e. The summed E-state index contributed by atoms with van der Waals surface area (Å²) in [5.41, 5.74) is 2.47. The van der Waals surface area contributed by atoms with Gasteiger partial charge >= 0.3 is 5.97 Å². The molecule has 3 aromatic rings. The number of carbonyl (C=O) groups is 2. The van der Waals surface area contributed by atoms with Crippen LogP contribution in [0.5, 0.6) is 0 Å². The van der Waals surface area contributed by atoms with Crippen LogP contribution in [0.15, 0.2) is 59.0 Å².